The van der Waals surface area contributed by atoms with Crippen LogP contribution in [-0.4, -0.2) is 24.4 Å². The molecule has 2 aromatic carbocycles. The van der Waals surface area contributed by atoms with Gasteiger partial charge in [0.15, 0.2) is 10.7 Å². The molecule has 2 aromatic heterocycles. The molecule has 0 spiro atoms. The predicted octanol–water partition coefficient (Wildman–Crippen LogP) is 4.10. The molecule has 31 heavy (non-hydrogen) atoms. The normalized spacial score (nSPS) is 11.2. The monoisotopic (exact) mass is 455 g/mol. The Labute approximate surface area is 180 Å². The highest BCUT2D eigenvalue weighted by atomic mass is 32.2. The van der Waals surface area contributed by atoms with Gasteiger partial charge in [-0.1, -0.05) is 41.6 Å². The number of benzene rings is 2. The zero-order valence-corrected chi connectivity index (χ0v) is 17.2. The summed E-state index contributed by atoms with van der Waals surface area (Å²) in [7, 11) is -4.41. The number of amides is 1. The van der Waals surface area contributed by atoms with Crippen LogP contribution in [0.1, 0.15) is 9.67 Å². The van der Waals surface area contributed by atoms with Crippen LogP contribution in [0, 0.1) is 10.1 Å². The van der Waals surface area contributed by atoms with Crippen LogP contribution in [0.2, 0.25) is 0 Å². The number of nitro benzene ring substituents is 1. The van der Waals surface area contributed by atoms with Crippen molar-refractivity contribution in [1.82, 2.24) is 9.88 Å². The number of hydrogen-bond acceptors (Lipinski definition) is 8. The third-order valence-corrected chi connectivity index (χ3v) is 6.52. The zero-order valence-electron chi connectivity index (χ0n) is 15.6. The van der Waals surface area contributed by atoms with Gasteiger partial charge in [-0.05, 0) is 23.6 Å². The summed E-state index contributed by atoms with van der Waals surface area (Å²) in [5, 5.41) is 16.5. The Balaban J connectivity index is 1.84. The summed E-state index contributed by atoms with van der Waals surface area (Å²) in [6, 6.07) is 16.7. The topological polar surface area (TPSA) is 132 Å². The Kier molecular flexibility index (Phi) is 5.36. The van der Waals surface area contributed by atoms with Crippen LogP contribution in [-0.2, 0) is 10.0 Å². The molecule has 0 radical (unpaired) electrons. The Morgan fingerprint density at radius 1 is 1.00 bits per heavy atom. The molecule has 0 aliphatic carbocycles. The first-order chi connectivity index (χ1) is 14.9. The molecular formula is C20H13N3O6S2. The summed E-state index contributed by atoms with van der Waals surface area (Å²) in [4.78, 5) is 22.7. The maximum Gasteiger partial charge on any atom is 0.275 e. The van der Waals surface area contributed by atoms with E-state index in [-0.39, 0.29) is 32.5 Å². The van der Waals surface area contributed by atoms with Crippen LogP contribution >= 0.6 is 11.3 Å². The molecule has 11 heteroatoms. The van der Waals surface area contributed by atoms with Crippen LogP contribution in [0.5, 0.6) is 0 Å². The number of carbonyl (C=O) groups is 1. The van der Waals surface area contributed by atoms with E-state index in [1.807, 2.05) is 4.72 Å². The van der Waals surface area contributed by atoms with Crippen LogP contribution in [0.15, 0.2) is 81.5 Å². The number of sulfonamides is 1. The van der Waals surface area contributed by atoms with Gasteiger partial charge in [0.1, 0.15) is 5.69 Å². The van der Waals surface area contributed by atoms with E-state index in [1.165, 1.54) is 30.3 Å². The van der Waals surface area contributed by atoms with Gasteiger partial charge in [0, 0.05) is 23.3 Å². The fourth-order valence-corrected chi connectivity index (χ4v) is 4.81. The molecule has 0 fully saturated rings. The van der Waals surface area contributed by atoms with Crippen LogP contribution in [0.25, 0.3) is 22.6 Å². The van der Waals surface area contributed by atoms with E-state index in [4.69, 9.17) is 4.52 Å². The second kappa shape index (κ2) is 8.13. The summed E-state index contributed by atoms with van der Waals surface area (Å²) in [5.74, 6) is -0.926. The van der Waals surface area contributed by atoms with Crippen molar-refractivity contribution in [3.05, 3.63) is 87.1 Å². The third-order valence-electron chi connectivity index (χ3n) is 4.28. The molecule has 0 aliphatic rings. The first-order valence-corrected chi connectivity index (χ1v) is 11.1. The molecule has 1 N–H and O–H groups in total. The molecular weight excluding hydrogens is 442 g/mol. The molecule has 156 valence electrons. The quantitative estimate of drug-likeness (QED) is 0.342. The number of carbonyl (C=O) groups excluding carboxylic acids is 1. The van der Waals surface area contributed by atoms with E-state index in [9.17, 15) is 23.3 Å². The second-order valence-corrected chi connectivity index (χ2v) is 8.84. The fraction of sp³-hybridized carbons (Fsp3) is 0. The Bertz CT molecular complexity index is 1350. The molecule has 1 amide bonds. The van der Waals surface area contributed by atoms with Crippen molar-refractivity contribution in [2.45, 2.75) is 4.90 Å². The van der Waals surface area contributed by atoms with Gasteiger partial charge in [-0.25, -0.2) is 13.1 Å². The van der Waals surface area contributed by atoms with Crippen molar-refractivity contribution >= 4 is 33.0 Å². The lowest BCUT2D eigenvalue weighted by molar-refractivity contribution is -0.384. The molecule has 0 bridgehead atoms. The fourth-order valence-electron chi connectivity index (χ4n) is 2.86. The van der Waals surface area contributed by atoms with Gasteiger partial charge in [-0.15, -0.1) is 11.3 Å². The van der Waals surface area contributed by atoms with Gasteiger partial charge in [0.25, 0.3) is 21.6 Å². The minimum atomic E-state index is -4.41. The minimum Gasteiger partial charge on any atom is -0.354 e. The number of nitro groups is 1. The van der Waals surface area contributed by atoms with Crippen molar-refractivity contribution in [1.29, 1.82) is 0 Å². The summed E-state index contributed by atoms with van der Waals surface area (Å²) >= 11 is 1.10. The van der Waals surface area contributed by atoms with Crippen molar-refractivity contribution in [2.24, 2.45) is 0 Å². The van der Waals surface area contributed by atoms with E-state index in [2.05, 4.69) is 5.16 Å². The molecule has 9 nitrogen and oxygen atoms in total. The van der Waals surface area contributed by atoms with Gasteiger partial charge in [0.2, 0.25) is 0 Å². The maximum atomic E-state index is 13.2. The van der Waals surface area contributed by atoms with Crippen molar-refractivity contribution in [2.75, 3.05) is 0 Å². The van der Waals surface area contributed by atoms with Crippen molar-refractivity contribution in [3.63, 3.8) is 0 Å². The minimum absolute atomic E-state index is 0.0143. The zero-order chi connectivity index (χ0) is 22.0. The van der Waals surface area contributed by atoms with Gasteiger partial charge < -0.3 is 4.52 Å². The summed E-state index contributed by atoms with van der Waals surface area (Å²) < 4.78 is 33.8. The van der Waals surface area contributed by atoms with Crippen LogP contribution in [0.4, 0.5) is 5.69 Å². The second-order valence-electron chi connectivity index (χ2n) is 6.27. The van der Waals surface area contributed by atoms with Crippen molar-refractivity contribution in [3.8, 4) is 22.6 Å². The van der Waals surface area contributed by atoms with E-state index in [0.717, 1.165) is 11.3 Å². The highest BCUT2D eigenvalue weighted by molar-refractivity contribution is 7.90. The van der Waals surface area contributed by atoms with E-state index < -0.39 is 20.9 Å². The lowest BCUT2D eigenvalue weighted by Gasteiger charge is -2.08. The highest BCUT2D eigenvalue weighted by Crippen LogP contribution is 2.36. The third kappa shape index (κ3) is 4.09. The largest absolute Gasteiger partial charge is 0.354 e. The SMILES string of the molecule is O=C(NS(=O)(=O)c1c(-c2ccccc2)noc1-c1ccc([N+](=O)[O-])cc1)c1cccs1. The number of aromatic nitrogens is 1. The first-order valence-electron chi connectivity index (χ1n) is 8.77. The molecule has 4 aromatic rings. The van der Waals surface area contributed by atoms with Gasteiger partial charge in [-0.2, -0.15) is 0 Å². The lowest BCUT2D eigenvalue weighted by atomic mass is 10.1. The van der Waals surface area contributed by atoms with E-state index >= 15 is 0 Å². The Morgan fingerprint density at radius 3 is 2.32 bits per heavy atom. The van der Waals surface area contributed by atoms with Crippen LogP contribution in [0.3, 0.4) is 0 Å². The smallest absolute Gasteiger partial charge is 0.275 e. The number of rotatable bonds is 6. The molecule has 0 saturated carbocycles. The first kappa shape index (κ1) is 20.4. The van der Waals surface area contributed by atoms with Gasteiger partial charge >= 0.3 is 0 Å². The van der Waals surface area contributed by atoms with E-state index in [1.54, 1.807) is 41.8 Å². The molecule has 0 unspecified atom stereocenters. The lowest BCUT2D eigenvalue weighted by Crippen LogP contribution is -2.30. The Morgan fingerprint density at radius 2 is 1.71 bits per heavy atom. The molecule has 0 atom stereocenters. The summed E-state index contributed by atoms with van der Waals surface area (Å²) in [6.45, 7) is 0. The number of hydrogen-bond donors (Lipinski definition) is 1. The highest BCUT2D eigenvalue weighted by Gasteiger charge is 2.32. The molecule has 4 rings (SSSR count). The number of non-ortho nitro benzene ring substituents is 1. The number of thiophene rings is 1. The average molecular weight is 455 g/mol. The van der Waals surface area contributed by atoms with Gasteiger partial charge in [0.05, 0.1) is 9.80 Å². The van der Waals surface area contributed by atoms with E-state index in [0.29, 0.717) is 5.56 Å². The van der Waals surface area contributed by atoms with Crippen molar-refractivity contribution < 1.29 is 22.7 Å². The summed E-state index contributed by atoms with van der Waals surface area (Å²) in [5.41, 5.74) is 0.565. The maximum absolute atomic E-state index is 13.2. The average Bonchev–Trinajstić information content (AvgIpc) is 3.45. The standard InChI is InChI=1S/C20H13N3O6S2/c24-20(16-7-4-12-30-16)22-31(27,28)19-17(13-5-2-1-3-6-13)21-29-18(19)14-8-10-15(11-9-14)23(25)26/h1-12H,(H,22,24). The Hall–Kier alpha value is -3.83. The molecule has 0 saturated heterocycles. The van der Waals surface area contributed by atoms with Crippen LogP contribution < -0.4 is 4.72 Å². The van der Waals surface area contributed by atoms with Gasteiger partial charge in [-0.3, -0.25) is 14.9 Å². The number of nitrogens with one attached hydrogen (secondary N) is 1. The molecule has 2 heterocycles. The summed E-state index contributed by atoms with van der Waals surface area (Å²) in [6.07, 6.45) is 0. The molecule has 0 aliphatic heterocycles. The predicted molar refractivity (Wildman–Crippen MR) is 113 cm³/mol. The number of nitrogens with zero attached hydrogens (tertiary/aromatic N) is 2.